The zero-order chi connectivity index (χ0) is 6.15. The number of hydrogen-bond acceptors (Lipinski definition) is 0. The van der Waals surface area contributed by atoms with Gasteiger partial charge >= 0.3 is 26.2 Å². The number of allylic oxidation sites excluding steroid dienone is 4. The Morgan fingerprint density at radius 3 is 1.50 bits per heavy atom. The van der Waals surface area contributed by atoms with Crippen molar-refractivity contribution in [2.45, 2.75) is 27.2 Å². The Kier molecular flexibility index (Phi) is 18.0. The Bertz CT molecular complexity index is 158. The fraction of sp³-hybridized carbons (Fsp3) is 0.364. The van der Waals surface area contributed by atoms with Crippen molar-refractivity contribution in [3.8, 4) is 0 Å². The second-order valence-electron chi connectivity index (χ2n) is 2.38. The molecule has 0 radical (unpaired) electrons. The minimum absolute atomic E-state index is 0. The van der Waals surface area contributed by atoms with Gasteiger partial charge in [0, 0.05) is 0 Å². The molecule has 0 aromatic carbocycles. The van der Waals surface area contributed by atoms with E-state index in [4.69, 9.17) is 0 Å². The zero-order valence-corrected chi connectivity index (χ0v) is 11.7. The van der Waals surface area contributed by atoms with Gasteiger partial charge in [-0.1, -0.05) is 13.8 Å². The Morgan fingerprint density at radius 2 is 1.42 bits per heavy atom. The summed E-state index contributed by atoms with van der Waals surface area (Å²) >= 11 is 0. The van der Waals surface area contributed by atoms with Gasteiger partial charge < -0.3 is 22.3 Å². The van der Waals surface area contributed by atoms with Crippen molar-refractivity contribution in [1.82, 2.24) is 0 Å². The number of rotatable bonds is 0. The Balaban J connectivity index is -0.0000000800. The minimum atomic E-state index is 0. The first-order valence-corrected chi connectivity index (χ1v) is 2.96. The van der Waals surface area contributed by atoms with Crippen LogP contribution < -0.4 is 0 Å². The number of hydrogen-bond donors (Lipinski definition) is 0. The van der Waals surface area contributed by atoms with E-state index < -0.39 is 0 Å². The third-order valence-electron chi connectivity index (χ3n) is 1.82. The van der Waals surface area contributed by atoms with Gasteiger partial charge in [0.25, 0.3) is 0 Å². The summed E-state index contributed by atoms with van der Waals surface area (Å²) in [7, 11) is 0. The van der Waals surface area contributed by atoms with Gasteiger partial charge in [-0.25, -0.2) is 5.57 Å². The standard InChI is InChI=1S/C8H11.3CH3.Zr/c1-6-4-5-7(2)8(6)3;;;;/h4H2,1-3H3;3*1H3;/q4*-1;+4. The predicted octanol–water partition coefficient (Wildman–Crippen LogP) is 3.82. The molecule has 0 atom stereocenters. The summed E-state index contributed by atoms with van der Waals surface area (Å²) < 4.78 is 0. The smallest absolute Gasteiger partial charge is 0.358 e. The summed E-state index contributed by atoms with van der Waals surface area (Å²) in [4.78, 5) is 0. The molecule has 1 aliphatic rings. The summed E-state index contributed by atoms with van der Waals surface area (Å²) in [6.45, 7) is 6.44. The SMILES string of the molecule is CC1=[C-]CC(C)=C1C.[CH3-].[CH3-].[CH3-].[Zr+4]. The van der Waals surface area contributed by atoms with Gasteiger partial charge in [-0.3, -0.25) is 6.08 Å². The summed E-state index contributed by atoms with van der Waals surface area (Å²) in [5.41, 5.74) is 4.25. The van der Waals surface area contributed by atoms with Crippen molar-refractivity contribution < 1.29 is 26.2 Å². The van der Waals surface area contributed by atoms with Gasteiger partial charge in [0.1, 0.15) is 0 Å². The normalized spacial score (nSPS) is 13.1. The van der Waals surface area contributed by atoms with Crippen molar-refractivity contribution in [3.63, 3.8) is 0 Å². The van der Waals surface area contributed by atoms with Crippen molar-refractivity contribution in [2.75, 3.05) is 0 Å². The van der Waals surface area contributed by atoms with E-state index in [1.54, 1.807) is 0 Å². The molecule has 0 spiro atoms. The van der Waals surface area contributed by atoms with Crippen LogP contribution >= 0.6 is 0 Å². The van der Waals surface area contributed by atoms with E-state index >= 15 is 0 Å². The molecule has 0 bridgehead atoms. The van der Waals surface area contributed by atoms with Crippen LogP contribution in [0.25, 0.3) is 0 Å². The molecule has 0 heterocycles. The molecule has 68 valence electrons. The topological polar surface area (TPSA) is 0 Å². The predicted molar refractivity (Wildman–Crippen MR) is 54.7 cm³/mol. The van der Waals surface area contributed by atoms with Crippen molar-refractivity contribution in [2.24, 2.45) is 0 Å². The molecule has 0 saturated heterocycles. The van der Waals surface area contributed by atoms with Crippen molar-refractivity contribution >= 4 is 0 Å². The van der Waals surface area contributed by atoms with Crippen LogP contribution in [0.5, 0.6) is 0 Å². The van der Waals surface area contributed by atoms with Crippen LogP contribution in [-0.4, -0.2) is 0 Å². The molecule has 0 N–H and O–H groups in total. The average molecular weight is 244 g/mol. The molecule has 0 fully saturated rings. The average Bonchev–Trinajstić information content (AvgIpc) is 1.98. The third kappa shape index (κ3) is 5.09. The van der Waals surface area contributed by atoms with Crippen molar-refractivity contribution in [3.05, 3.63) is 45.1 Å². The molecule has 0 aromatic heterocycles. The Labute approximate surface area is 98.3 Å². The van der Waals surface area contributed by atoms with Crippen LogP contribution in [0.2, 0.25) is 0 Å². The molecule has 1 aliphatic carbocycles. The molecule has 0 saturated carbocycles. The van der Waals surface area contributed by atoms with E-state index in [1.807, 2.05) is 0 Å². The zero-order valence-electron chi connectivity index (χ0n) is 9.21. The van der Waals surface area contributed by atoms with E-state index in [9.17, 15) is 0 Å². The molecule has 0 nitrogen and oxygen atoms in total. The van der Waals surface area contributed by atoms with E-state index in [-0.39, 0.29) is 48.5 Å². The molecule has 0 aliphatic heterocycles. The molecule has 0 aromatic rings. The van der Waals surface area contributed by atoms with Gasteiger partial charge in [0.05, 0.1) is 0 Å². The van der Waals surface area contributed by atoms with Gasteiger partial charge in [-0.15, -0.1) is 13.3 Å². The summed E-state index contributed by atoms with van der Waals surface area (Å²) in [5, 5.41) is 0. The van der Waals surface area contributed by atoms with Gasteiger partial charge in [0.2, 0.25) is 0 Å². The van der Waals surface area contributed by atoms with E-state index in [0.717, 1.165) is 6.42 Å². The van der Waals surface area contributed by atoms with Crippen LogP contribution in [0.1, 0.15) is 27.2 Å². The molecular formula is C11H20Zr. The second kappa shape index (κ2) is 9.45. The minimum Gasteiger partial charge on any atom is -0.358 e. The Hall–Kier alpha value is 0.363. The van der Waals surface area contributed by atoms with Gasteiger partial charge in [-0.2, -0.15) is 11.1 Å². The second-order valence-corrected chi connectivity index (χ2v) is 2.38. The Morgan fingerprint density at radius 1 is 1.00 bits per heavy atom. The molecule has 1 rings (SSSR count). The first-order chi connectivity index (χ1) is 3.72. The maximum absolute atomic E-state index is 3.26. The van der Waals surface area contributed by atoms with E-state index in [0.29, 0.717) is 0 Å². The van der Waals surface area contributed by atoms with Crippen LogP contribution in [0.3, 0.4) is 0 Å². The first kappa shape index (κ1) is 22.8. The van der Waals surface area contributed by atoms with Crippen LogP contribution in [0, 0.1) is 28.4 Å². The fourth-order valence-corrected chi connectivity index (χ4v) is 0.850. The monoisotopic (exact) mass is 242 g/mol. The van der Waals surface area contributed by atoms with Crippen LogP contribution in [0.4, 0.5) is 0 Å². The van der Waals surface area contributed by atoms with Crippen LogP contribution in [-0.2, 0) is 26.2 Å². The molecule has 0 unspecified atom stereocenters. The first-order valence-electron chi connectivity index (χ1n) is 2.96. The summed E-state index contributed by atoms with van der Waals surface area (Å²) in [6.07, 6.45) is 4.31. The fourth-order valence-electron chi connectivity index (χ4n) is 0.850. The van der Waals surface area contributed by atoms with Crippen LogP contribution in [0.15, 0.2) is 16.7 Å². The summed E-state index contributed by atoms with van der Waals surface area (Å²) in [6, 6.07) is 0. The molecular weight excluding hydrogens is 223 g/mol. The van der Waals surface area contributed by atoms with E-state index in [1.165, 1.54) is 16.7 Å². The molecule has 0 amide bonds. The molecule has 12 heavy (non-hydrogen) atoms. The van der Waals surface area contributed by atoms with Gasteiger partial charge in [-0.05, 0) is 0 Å². The largest absolute Gasteiger partial charge is 4.00 e. The third-order valence-corrected chi connectivity index (χ3v) is 1.82. The van der Waals surface area contributed by atoms with E-state index in [2.05, 4.69) is 26.8 Å². The quantitative estimate of drug-likeness (QED) is 0.567. The maximum Gasteiger partial charge on any atom is 4.00 e. The molecule has 1 heteroatoms. The van der Waals surface area contributed by atoms with Gasteiger partial charge in [0.15, 0.2) is 0 Å². The van der Waals surface area contributed by atoms with Crippen molar-refractivity contribution in [1.29, 1.82) is 0 Å². The maximum atomic E-state index is 3.26. The summed E-state index contributed by atoms with van der Waals surface area (Å²) in [5.74, 6) is 0.